The van der Waals surface area contributed by atoms with Crippen LogP contribution in [0.2, 0.25) is 5.15 Å². The van der Waals surface area contributed by atoms with Gasteiger partial charge in [-0.2, -0.15) is 0 Å². The highest BCUT2D eigenvalue weighted by Crippen LogP contribution is 2.43. The lowest BCUT2D eigenvalue weighted by Gasteiger charge is -2.49. The molecule has 1 N–H and O–H groups in total. The Balaban J connectivity index is 1.69. The van der Waals surface area contributed by atoms with E-state index in [1.807, 2.05) is 24.3 Å². The lowest BCUT2D eigenvalue weighted by Crippen LogP contribution is -2.58. The largest absolute Gasteiger partial charge is 0.380 e. The Labute approximate surface area is 157 Å². The van der Waals surface area contributed by atoms with Crippen LogP contribution in [-0.4, -0.2) is 44.2 Å². The predicted octanol–water partition coefficient (Wildman–Crippen LogP) is 3.05. The molecule has 134 valence electrons. The summed E-state index contributed by atoms with van der Waals surface area (Å²) in [6.45, 7) is 3.42. The van der Waals surface area contributed by atoms with Gasteiger partial charge in [0.2, 0.25) is 0 Å². The van der Waals surface area contributed by atoms with E-state index in [4.69, 9.17) is 16.6 Å². The van der Waals surface area contributed by atoms with Crippen molar-refractivity contribution in [1.29, 1.82) is 0 Å². The van der Waals surface area contributed by atoms with Crippen LogP contribution in [0.5, 0.6) is 0 Å². The van der Waals surface area contributed by atoms with Gasteiger partial charge in [0.15, 0.2) is 5.15 Å². The minimum Gasteiger partial charge on any atom is -0.380 e. The van der Waals surface area contributed by atoms with Gasteiger partial charge in [-0.1, -0.05) is 41.9 Å². The van der Waals surface area contributed by atoms with Gasteiger partial charge < -0.3 is 9.67 Å². The number of piperidine rings is 3. The zero-order valence-corrected chi connectivity index (χ0v) is 15.2. The molecular formula is C20H21ClN4O. The maximum Gasteiger partial charge on any atom is 0.156 e. The third-order valence-electron chi connectivity index (χ3n) is 5.92. The van der Waals surface area contributed by atoms with E-state index >= 15 is 0 Å². The van der Waals surface area contributed by atoms with Crippen LogP contribution in [0.25, 0.3) is 11.0 Å². The van der Waals surface area contributed by atoms with E-state index in [1.54, 1.807) is 6.20 Å². The molecule has 0 amide bonds. The summed E-state index contributed by atoms with van der Waals surface area (Å²) < 4.78 is 2.13. The lowest BCUT2D eigenvalue weighted by molar-refractivity contribution is -0.124. The Morgan fingerprint density at radius 1 is 1.15 bits per heavy atom. The summed E-state index contributed by atoms with van der Waals surface area (Å²) >= 11 is 6.33. The van der Waals surface area contributed by atoms with E-state index in [2.05, 4.69) is 26.6 Å². The first-order valence-electron chi connectivity index (χ1n) is 9.15. The van der Waals surface area contributed by atoms with Crippen molar-refractivity contribution in [3.05, 3.63) is 59.1 Å². The first-order chi connectivity index (χ1) is 12.6. The molecule has 6 heteroatoms. The first kappa shape index (κ1) is 16.2. The number of fused-ring (bicyclic) bond motifs is 4. The molecule has 3 aliphatic rings. The van der Waals surface area contributed by atoms with Crippen LogP contribution < -0.4 is 0 Å². The van der Waals surface area contributed by atoms with E-state index in [9.17, 15) is 5.11 Å². The van der Waals surface area contributed by atoms with Gasteiger partial charge in [0, 0.05) is 19.3 Å². The molecule has 1 aromatic carbocycles. The first-order valence-corrected chi connectivity index (χ1v) is 9.53. The molecule has 3 aromatic rings. The van der Waals surface area contributed by atoms with Gasteiger partial charge in [0.05, 0.1) is 5.52 Å². The molecule has 2 aromatic heterocycles. The van der Waals surface area contributed by atoms with Crippen molar-refractivity contribution >= 4 is 22.6 Å². The van der Waals surface area contributed by atoms with E-state index in [0.29, 0.717) is 23.8 Å². The molecule has 26 heavy (non-hydrogen) atoms. The highest BCUT2D eigenvalue weighted by Gasteiger charge is 2.49. The van der Waals surface area contributed by atoms with Crippen molar-refractivity contribution in [2.75, 3.05) is 19.6 Å². The molecule has 1 unspecified atom stereocenters. The molecule has 5 nitrogen and oxygen atoms in total. The molecule has 3 aliphatic heterocycles. The molecule has 0 spiro atoms. The van der Waals surface area contributed by atoms with Crippen molar-refractivity contribution in [3.8, 4) is 0 Å². The van der Waals surface area contributed by atoms with Gasteiger partial charge in [0.1, 0.15) is 16.9 Å². The molecule has 5 heterocycles. The lowest BCUT2D eigenvalue weighted by atomic mass is 9.75. The zero-order chi connectivity index (χ0) is 17.7. The zero-order valence-electron chi connectivity index (χ0n) is 14.5. The number of imidazole rings is 1. The topological polar surface area (TPSA) is 54.2 Å². The second kappa shape index (κ2) is 6.05. The number of aliphatic hydroxyl groups is 1. The number of aromatic nitrogens is 3. The molecule has 3 fully saturated rings. The molecule has 0 saturated carbocycles. The number of hydrogen-bond acceptors (Lipinski definition) is 4. The van der Waals surface area contributed by atoms with Gasteiger partial charge in [-0.15, -0.1) is 0 Å². The highest BCUT2D eigenvalue weighted by molar-refractivity contribution is 6.33. The van der Waals surface area contributed by atoms with Crippen molar-refractivity contribution < 1.29 is 5.11 Å². The third-order valence-corrected chi connectivity index (χ3v) is 6.20. The Kier molecular flexibility index (Phi) is 3.78. The van der Waals surface area contributed by atoms with E-state index in [0.717, 1.165) is 37.3 Å². The number of halogens is 1. The monoisotopic (exact) mass is 368 g/mol. The van der Waals surface area contributed by atoms with Crippen molar-refractivity contribution in [2.24, 2.45) is 5.92 Å². The van der Waals surface area contributed by atoms with Gasteiger partial charge in [-0.3, -0.25) is 4.90 Å². The van der Waals surface area contributed by atoms with Gasteiger partial charge in [0.25, 0.3) is 0 Å². The Hall–Kier alpha value is -1.95. The second-order valence-electron chi connectivity index (χ2n) is 7.45. The predicted molar refractivity (Wildman–Crippen MR) is 101 cm³/mol. The summed E-state index contributed by atoms with van der Waals surface area (Å²) in [5.74, 6) is 0.964. The van der Waals surface area contributed by atoms with Crippen LogP contribution in [0.3, 0.4) is 0 Å². The summed E-state index contributed by atoms with van der Waals surface area (Å²) in [7, 11) is 0. The van der Waals surface area contributed by atoms with Crippen molar-refractivity contribution in [1.82, 2.24) is 19.4 Å². The normalized spacial score (nSPS) is 27.9. The van der Waals surface area contributed by atoms with E-state index < -0.39 is 5.60 Å². The molecule has 0 radical (unpaired) electrons. The van der Waals surface area contributed by atoms with Crippen LogP contribution in [-0.2, 0) is 12.1 Å². The second-order valence-corrected chi connectivity index (χ2v) is 7.81. The summed E-state index contributed by atoms with van der Waals surface area (Å²) in [5.41, 5.74) is 1.83. The van der Waals surface area contributed by atoms with Gasteiger partial charge >= 0.3 is 0 Å². The van der Waals surface area contributed by atoms with Crippen molar-refractivity contribution in [3.63, 3.8) is 0 Å². The SMILES string of the molecule is OC1(c2nc3c(Cl)nccc3n2Cc2ccccc2)CN2CCC1CC2. The summed E-state index contributed by atoms with van der Waals surface area (Å²) in [6.07, 6.45) is 3.73. The minimum atomic E-state index is -0.937. The van der Waals surface area contributed by atoms with Crippen LogP contribution in [0.1, 0.15) is 24.2 Å². The molecule has 0 aliphatic carbocycles. The number of nitrogens with zero attached hydrogens (tertiary/aromatic N) is 4. The fraction of sp³-hybridized carbons (Fsp3) is 0.400. The number of hydrogen-bond donors (Lipinski definition) is 1. The Bertz CT molecular complexity index is 949. The van der Waals surface area contributed by atoms with Crippen molar-refractivity contribution in [2.45, 2.75) is 25.0 Å². The number of pyridine rings is 1. The number of benzene rings is 1. The molecule has 1 atom stereocenters. The van der Waals surface area contributed by atoms with E-state index in [-0.39, 0.29) is 5.92 Å². The molecular weight excluding hydrogens is 348 g/mol. The van der Waals surface area contributed by atoms with Crippen LogP contribution in [0.15, 0.2) is 42.6 Å². The fourth-order valence-electron chi connectivity index (χ4n) is 4.57. The van der Waals surface area contributed by atoms with Gasteiger partial charge in [-0.05, 0) is 43.5 Å². The minimum absolute atomic E-state index is 0.241. The molecule has 3 saturated heterocycles. The molecule has 6 rings (SSSR count). The quantitative estimate of drug-likeness (QED) is 0.722. The van der Waals surface area contributed by atoms with Gasteiger partial charge in [-0.25, -0.2) is 9.97 Å². The van der Waals surface area contributed by atoms with E-state index in [1.165, 1.54) is 5.56 Å². The maximum absolute atomic E-state index is 11.7. The maximum atomic E-state index is 11.7. The van der Waals surface area contributed by atoms with Crippen LogP contribution >= 0.6 is 11.6 Å². The summed E-state index contributed by atoms with van der Waals surface area (Å²) in [4.78, 5) is 11.3. The highest BCUT2D eigenvalue weighted by atomic mass is 35.5. The summed E-state index contributed by atoms with van der Waals surface area (Å²) in [5, 5.41) is 12.1. The fourth-order valence-corrected chi connectivity index (χ4v) is 4.76. The average Bonchev–Trinajstić information content (AvgIpc) is 3.04. The third kappa shape index (κ3) is 2.46. The smallest absolute Gasteiger partial charge is 0.156 e. The Morgan fingerprint density at radius 3 is 2.62 bits per heavy atom. The van der Waals surface area contributed by atoms with Crippen LogP contribution in [0.4, 0.5) is 0 Å². The molecule has 2 bridgehead atoms. The summed E-state index contributed by atoms with van der Waals surface area (Å²) in [6, 6.07) is 12.2. The standard InChI is InChI=1S/C20H21ClN4O/c21-18-17-16(6-9-22-18)25(12-14-4-2-1-3-5-14)19(23-17)20(26)13-24-10-7-15(20)8-11-24/h1-6,9,15,26H,7-8,10-13H2. The Morgan fingerprint density at radius 2 is 1.92 bits per heavy atom. The van der Waals surface area contributed by atoms with Crippen LogP contribution in [0, 0.1) is 5.92 Å². The average molecular weight is 369 g/mol. The number of rotatable bonds is 3.